The van der Waals surface area contributed by atoms with Gasteiger partial charge in [0.25, 0.3) is 0 Å². The van der Waals surface area contributed by atoms with E-state index in [0.717, 1.165) is 18.9 Å². The zero-order valence-electron chi connectivity index (χ0n) is 12.1. The zero-order valence-corrected chi connectivity index (χ0v) is 12.1. The maximum Gasteiger partial charge on any atom is 0.0448 e. The summed E-state index contributed by atoms with van der Waals surface area (Å²) in [6.45, 7) is 8.39. The summed E-state index contributed by atoms with van der Waals surface area (Å²) in [4.78, 5) is 4.85. The third-order valence-electron chi connectivity index (χ3n) is 4.35. The fourth-order valence-corrected chi connectivity index (χ4v) is 2.65. The quantitative estimate of drug-likeness (QED) is 0.769. The van der Waals surface area contributed by atoms with Gasteiger partial charge in [-0.25, -0.2) is 0 Å². The van der Waals surface area contributed by atoms with Crippen molar-refractivity contribution in [2.24, 2.45) is 5.92 Å². The molecule has 1 saturated heterocycles. The molecule has 1 aliphatic rings. The van der Waals surface area contributed by atoms with Crippen LogP contribution in [0.25, 0.3) is 0 Å². The number of nitrogens with zero attached hydrogens (tertiary/aromatic N) is 2. The van der Waals surface area contributed by atoms with Crippen LogP contribution in [-0.4, -0.2) is 60.8 Å². The Labute approximate surface area is 107 Å². The minimum absolute atomic E-state index is 0.120. The second kappa shape index (κ2) is 6.72. The molecule has 1 unspecified atom stereocenters. The summed E-state index contributed by atoms with van der Waals surface area (Å²) in [6.07, 6.45) is 4.88. The van der Waals surface area contributed by atoms with E-state index in [1.807, 2.05) is 0 Å². The van der Waals surface area contributed by atoms with E-state index in [4.69, 9.17) is 5.11 Å². The monoisotopic (exact) mass is 242 g/mol. The van der Waals surface area contributed by atoms with Crippen LogP contribution in [0.2, 0.25) is 0 Å². The Hall–Kier alpha value is -0.120. The van der Waals surface area contributed by atoms with Gasteiger partial charge in [-0.2, -0.15) is 0 Å². The van der Waals surface area contributed by atoms with E-state index in [9.17, 15) is 0 Å². The number of hydrogen-bond donors (Lipinski definition) is 1. The van der Waals surface area contributed by atoms with E-state index < -0.39 is 0 Å². The van der Waals surface area contributed by atoms with E-state index in [-0.39, 0.29) is 12.1 Å². The first kappa shape index (κ1) is 14.9. The first-order valence-corrected chi connectivity index (χ1v) is 6.96. The Morgan fingerprint density at radius 3 is 2.71 bits per heavy atom. The summed E-state index contributed by atoms with van der Waals surface area (Å²) in [5, 5.41) is 9.07. The minimum Gasteiger partial charge on any atom is -0.396 e. The molecule has 0 bridgehead atoms. The van der Waals surface area contributed by atoms with Gasteiger partial charge in [-0.15, -0.1) is 0 Å². The third kappa shape index (κ3) is 4.94. The average molecular weight is 242 g/mol. The molecule has 1 heterocycles. The first-order chi connectivity index (χ1) is 7.95. The number of piperidine rings is 1. The van der Waals surface area contributed by atoms with Gasteiger partial charge in [-0.1, -0.05) is 0 Å². The number of aliphatic hydroxyl groups excluding tert-OH is 1. The van der Waals surface area contributed by atoms with Crippen LogP contribution in [-0.2, 0) is 0 Å². The van der Waals surface area contributed by atoms with Crippen molar-refractivity contribution in [2.45, 2.75) is 45.1 Å². The maximum absolute atomic E-state index is 9.07. The van der Waals surface area contributed by atoms with Crippen LogP contribution in [0, 0.1) is 5.92 Å². The molecule has 0 aromatic rings. The number of aliphatic hydroxyl groups is 1. The van der Waals surface area contributed by atoms with Crippen molar-refractivity contribution in [3.8, 4) is 0 Å². The highest BCUT2D eigenvalue weighted by atomic mass is 16.3. The summed E-state index contributed by atoms with van der Waals surface area (Å²) in [7, 11) is 4.41. The highest BCUT2D eigenvalue weighted by Crippen LogP contribution is 2.22. The zero-order chi connectivity index (χ0) is 12.9. The predicted octanol–water partition coefficient (Wildman–Crippen LogP) is 1.81. The molecule has 102 valence electrons. The van der Waals surface area contributed by atoms with Crippen LogP contribution >= 0.6 is 0 Å². The number of hydrogen-bond acceptors (Lipinski definition) is 3. The molecule has 1 N–H and O–H groups in total. The normalized spacial score (nSPS) is 23.3. The van der Waals surface area contributed by atoms with Gasteiger partial charge < -0.3 is 14.9 Å². The van der Waals surface area contributed by atoms with E-state index in [2.05, 4.69) is 37.7 Å². The molecule has 0 spiro atoms. The van der Waals surface area contributed by atoms with Gasteiger partial charge >= 0.3 is 0 Å². The Morgan fingerprint density at radius 1 is 1.41 bits per heavy atom. The molecule has 0 saturated carbocycles. The second-order valence-corrected chi connectivity index (χ2v) is 6.27. The molecule has 3 nitrogen and oxygen atoms in total. The molecule has 0 aliphatic carbocycles. The largest absolute Gasteiger partial charge is 0.396 e. The number of likely N-dealkylation sites (tertiary alicyclic amines) is 1. The molecule has 1 fully saturated rings. The average Bonchev–Trinajstić information content (AvgIpc) is 2.26. The van der Waals surface area contributed by atoms with E-state index in [0.29, 0.717) is 0 Å². The van der Waals surface area contributed by atoms with Gasteiger partial charge in [0.15, 0.2) is 0 Å². The Morgan fingerprint density at radius 2 is 2.12 bits per heavy atom. The lowest BCUT2D eigenvalue weighted by Gasteiger charge is -2.37. The Bertz CT molecular complexity index is 218. The highest BCUT2D eigenvalue weighted by Gasteiger charge is 2.24. The van der Waals surface area contributed by atoms with Gasteiger partial charge in [-0.3, -0.25) is 0 Å². The van der Waals surface area contributed by atoms with Gasteiger partial charge in [-0.05, 0) is 72.6 Å². The van der Waals surface area contributed by atoms with Gasteiger partial charge in [0.05, 0.1) is 0 Å². The lowest BCUT2D eigenvalue weighted by molar-refractivity contribution is 0.101. The summed E-state index contributed by atoms with van der Waals surface area (Å²) >= 11 is 0. The summed E-state index contributed by atoms with van der Waals surface area (Å²) in [5.74, 6) is 0.862. The third-order valence-corrected chi connectivity index (χ3v) is 4.35. The van der Waals surface area contributed by atoms with Crippen molar-refractivity contribution < 1.29 is 5.11 Å². The smallest absolute Gasteiger partial charge is 0.0448 e. The molecule has 0 aromatic carbocycles. The highest BCUT2D eigenvalue weighted by molar-refractivity contribution is 4.80. The van der Waals surface area contributed by atoms with Crippen molar-refractivity contribution >= 4 is 0 Å². The fraction of sp³-hybridized carbons (Fsp3) is 1.00. The summed E-state index contributed by atoms with van der Waals surface area (Å²) in [5.41, 5.74) is 0.120. The minimum atomic E-state index is 0.120. The molecule has 1 rings (SSSR count). The van der Waals surface area contributed by atoms with Crippen LogP contribution in [0.1, 0.15) is 39.5 Å². The standard InChI is InChI=1S/C14H30N2O/c1-14(2,8-11-17)16(4)10-7-13-6-5-9-15(3)12-13/h13,17H,5-12H2,1-4H3. The lowest BCUT2D eigenvalue weighted by Crippen LogP contribution is -2.43. The van der Waals surface area contributed by atoms with Crippen molar-refractivity contribution in [3.05, 3.63) is 0 Å². The van der Waals surface area contributed by atoms with Gasteiger partial charge in [0.1, 0.15) is 0 Å². The molecule has 0 amide bonds. The SMILES string of the molecule is CN1CCCC(CCN(C)C(C)(C)CCO)C1. The summed E-state index contributed by atoms with van der Waals surface area (Å²) in [6, 6.07) is 0. The van der Waals surface area contributed by atoms with Crippen LogP contribution in [0.4, 0.5) is 0 Å². The Kier molecular flexibility index (Phi) is 5.90. The van der Waals surface area contributed by atoms with Gasteiger partial charge in [0.2, 0.25) is 0 Å². The van der Waals surface area contributed by atoms with Crippen molar-refractivity contribution in [3.63, 3.8) is 0 Å². The molecule has 1 aliphatic heterocycles. The molecular weight excluding hydrogens is 212 g/mol. The topological polar surface area (TPSA) is 26.7 Å². The van der Waals surface area contributed by atoms with Crippen molar-refractivity contribution in [1.29, 1.82) is 0 Å². The fourth-order valence-electron chi connectivity index (χ4n) is 2.65. The molecular formula is C14H30N2O. The molecule has 1 atom stereocenters. The number of rotatable bonds is 6. The van der Waals surface area contributed by atoms with Gasteiger partial charge in [0, 0.05) is 18.7 Å². The maximum atomic E-state index is 9.07. The van der Waals surface area contributed by atoms with E-state index in [1.54, 1.807) is 0 Å². The van der Waals surface area contributed by atoms with E-state index in [1.165, 1.54) is 32.4 Å². The molecule has 3 heteroatoms. The van der Waals surface area contributed by atoms with Crippen molar-refractivity contribution in [1.82, 2.24) is 9.80 Å². The van der Waals surface area contributed by atoms with Crippen LogP contribution in [0.15, 0.2) is 0 Å². The molecule has 17 heavy (non-hydrogen) atoms. The van der Waals surface area contributed by atoms with Crippen LogP contribution in [0.5, 0.6) is 0 Å². The van der Waals surface area contributed by atoms with Crippen LogP contribution in [0.3, 0.4) is 0 Å². The Balaban J connectivity index is 2.29. The molecule has 0 aromatic heterocycles. The van der Waals surface area contributed by atoms with E-state index >= 15 is 0 Å². The summed E-state index contributed by atoms with van der Waals surface area (Å²) < 4.78 is 0. The van der Waals surface area contributed by atoms with Crippen molar-refractivity contribution in [2.75, 3.05) is 40.3 Å². The first-order valence-electron chi connectivity index (χ1n) is 6.96. The van der Waals surface area contributed by atoms with Crippen LogP contribution < -0.4 is 0 Å². The second-order valence-electron chi connectivity index (χ2n) is 6.27. The predicted molar refractivity (Wildman–Crippen MR) is 73.2 cm³/mol. The lowest BCUT2D eigenvalue weighted by atomic mass is 9.93. The molecule has 0 radical (unpaired) electrons.